The summed E-state index contributed by atoms with van der Waals surface area (Å²) in [7, 11) is 0. The summed E-state index contributed by atoms with van der Waals surface area (Å²) in [6, 6.07) is -0.111. The lowest BCUT2D eigenvalue weighted by Gasteiger charge is -2.42. The van der Waals surface area contributed by atoms with Crippen LogP contribution in [-0.2, 0) is 4.79 Å². The summed E-state index contributed by atoms with van der Waals surface area (Å²) < 4.78 is 0. The molecule has 0 unspecified atom stereocenters. The minimum Gasteiger partial charge on any atom is -0.481 e. The summed E-state index contributed by atoms with van der Waals surface area (Å²) in [5, 5.41) is 12.0. The van der Waals surface area contributed by atoms with Gasteiger partial charge in [-0.05, 0) is 32.1 Å². The first-order chi connectivity index (χ1) is 9.46. The maximum Gasteiger partial charge on any atom is 0.317 e. The van der Waals surface area contributed by atoms with Crippen LogP contribution in [0.15, 0.2) is 0 Å². The lowest BCUT2D eigenvalue weighted by Crippen LogP contribution is -2.58. The molecule has 1 aliphatic rings. The van der Waals surface area contributed by atoms with Gasteiger partial charge in [-0.1, -0.05) is 26.7 Å². The van der Waals surface area contributed by atoms with Crippen LogP contribution in [0.5, 0.6) is 0 Å². The monoisotopic (exact) mass is 284 g/mol. The first-order valence-electron chi connectivity index (χ1n) is 7.75. The van der Waals surface area contributed by atoms with Crippen molar-refractivity contribution in [2.24, 2.45) is 5.92 Å². The number of carboxylic acids is 1. The molecular formula is C15H28N2O3. The van der Waals surface area contributed by atoms with E-state index in [2.05, 4.69) is 19.2 Å². The van der Waals surface area contributed by atoms with Crippen LogP contribution in [0.25, 0.3) is 0 Å². The number of hydrogen-bond acceptors (Lipinski definition) is 2. The van der Waals surface area contributed by atoms with Crippen molar-refractivity contribution in [3.05, 3.63) is 0 Å². The van der Waals surface area contributed by atoms with Crippen LogP contribution < -0.4 is 5.32 Å². The smallest absolute Gasteiger partial charge is 0.317 e. The normalized spacial score (nSPS) is 16.6. The summed E-state index contributed by atoms with van der Waals surface area (Å²) >= 11 is 0. The van der Waals surface area contributed by atoms with Crippen molar-refractivity contribution in [1.29, 1.82) is 0 Å². The molecule has 1 saturated carbocycles. The van der Waals surface area contributed by atoms with Crippen molar-refractivity contribution in [3.8, 4) is 0 Å². The third-order valence-electron chi connectivity index (χ3n) is 4.47. The molecule has 2 N–H and O–H groups in total. The Hall–Kier alpha value is -1.26. The van der Waals surface area contributed by atoms with Crippen molar-refractivity contribution in [1.82, 2.24) is 10.2 Å². The van der Waals surface area contributed by atoms with E-state index in [1.807, 2.05) is 6.92 Å². The van der Waals surface area contributed by atoms with Gasteiger partial charge in [0.25, 0.3) is 0 Å². The summed E-state index contributed by atoms with van der Waals surface area (Å²) in [6.45, 7) is 7.64. The third kappa shape index (κ3) is 4.39. The fraction of sp³-hybridized carbons (Fsp3) is 0.867. The number of nitrogens with zero attached hydrogens (tertiary/aromatic N) is 1. The SMILES string of the molecule is CCC(CC)CN(CC)C(=O)NC1(CC(=O)O)CCC1. The number of nitrogens with one attached hydrogen (secondary N) is 1. The van der Waals surface area contributed by atoms with E-state index in [0.717, 1.165) is 38.6 Å². The van der Waals surface area contributed by atoms with Gasteiger partial charge < -0.3 is 15.3 Å². The third-order valence-corrected chi connectivity index (χ3v) is 4.47. The number of carbonyl (C=O) groups is 2. The van der Waals surface area contributed by atoms with Gasteiger partial charge in [0.2, 0.25) is 0 Å². The van der Waals surface area contributed by atoms with Gasteiger partial charge in [0.1, 0.15) is 0 Å². The minimum absolute atomic E-state index is 0.0290. The van der Waals surface area contributed by atoms with E-state index >= 15 is 0 Å². The highest BCUT2D eigenvalue weighted by Gasteiger charge is 2.41. The van der Waals surface area contributed by atoms with Gasteiger partial charge in [-0.25, -0.2) is 4.79 Å². The van der Waals surface area contributed by atoms with Crippen molar-refractivity contribution in [3.63, 3.8) is 0 Å². The van der Waals surface area contributed by atoms with E-state index in [4.69, 9.17) is 5.11 Å². The van der Waals surface area contributed by atoms with Crippen LogP contribution >= 0.6 is 0 Å². The molecule has 1 aliphatic carbocycles. The highest BCUT2D eigenvalue weighted by molar-refractivity contribution is 5.77. The Labute approximate surface area is 121 Å². The van der Waals surface area contributed by atoms with Gasteiger partial charge in [0.15, 0.2) is 0 Å². The Morgan fingerprint density at radius 1 is 1.25 bits per heavy atom. The lowest BCUT2D eigenvalue weighted by molar-refractivity contribution is -0.139. The fourth-order valence-electron chi connectivity index (χ4n) is 2.76. The Kier molecular flexibility index (Phi) is 6.30. The van der Waals surface area contributed by atoms with E-state index in [1.165, 1.54) is 0 Å². The van der Waals surface area contributed by atoms with E-state index in [-0.39, 0.29) is 12.5 Å². The number of carbonyl (C=O) groups excluding carboxylic acids is 1. The van der Waals surface area contributed by atoms with E-state index < -0.39 is 11.5 Å². The maximum absolute atomic E-state index is 12.4. The first kappa shape index (κ1) is 16.8. The molecule has 0 heterocycles. The van der Waals surface area contributed by atoms with Crippen LogP contribution in [0.3, 0.4) is 0 Å². The number of aliphatic carboxylic acids is 1. The quantitative estimate of drug-likeness (QED) is 0.720. The number of hydrogen-bond donors (Lipinski definition) is 2. The first-order valence-corrected chi connectivity index (χ1v) is 7.75. The van der Waals surface area contributed by atoms with Crippen molar-refractivity contribution in [2.75, 3.05) is 13.1 Å². The molecule has 0 aromatic rings. The molecule has 0 atom stereocenters. The predicted octanol–water partition coefficient (Wildman–Crippen LogP) is 2.85. The van der Waals surface area contributed by atoms with Gasteiger partial charge in [0.05, 0.1) is 12.0 Å². The molecule has 116 valence electrons. The zero-order chi connectivity index (χ0) is 15.2. The molecular weight excluding hydrogens is 256 g/mol. The molecule has 0 aromatic heterocycles. The molecule has 0 radical (unpaired) electrons. The highest BCUT2D eigenvalue weighted by Crippen LogP contribution is 2.35. The number of urea groups is 1. The molecule has 5 heteroatoms. The van der Waals surface area contributed by atoms with Crippen LogP contribution in [0.2, 0.25) is 0 Å². The minimum atomic E-state index is -0.840. The lowest BCUT2D eigenvalue weighted by atomic mass is 9.74. The maximum atomic E-state index is 12.4. The zero-order valence-electron chi connectivity index (χ0n) is 12.9. The summed E-state index contributed by atoms with van der Waals surface area (Å²) in [6.07, 6.45) is 4.68. The van der Waals surface area contributed by atoms with Crippen LogP contribution in [-0.4, -0.2) is 40.6 Å². The van der Waals surface area contributed by atoms with Gasteiger partial charge >= 0.3 is 12.0 Å². The molecule has 5 nitrogen and oxygen atoms in total. The van der Waals surface area contributed by atoms with Gasteiger partial charge in [-0.15, -0.1) is 0 Å². The van der Waals surface area contributed by atoms with Crippen LogP contribution in [0, 0.1) is 5.92 Å². The Morgan fingerprint density at radius 3 is 2.20 bits per heavy atom. The van der Waals surface area contributed by atoms with E-state index in [0.29, 0.717) is 12.5 Å². The molecule has 0 spiro atoms. The number of carboxylic acid groups (broad SMARTS) is 1. The summed E-state index contributed by atoms with van der Waals surface area (Å²) in [5.41, 5.74) is -0.510. The topological polar surface area (TPSA) is 69.6 Å². The Morgan fingerprint density at radius 2 is 1.85 bits per heavy atom. The molecule has 0 aliphatic heterocycles. The molecule has 0 saturated heterocycles. The molecule has 2 amide bonds. The molecule has 20 heavy (non-hydrogen) atoms. The van der Waals surface area contributed by atoms with E-state index in [1.54, 1.807) is 4.90 Å². The molecule has 1 fully saturated rings. The largest absolute Gasteiger partial charge is 0.481 e. The van der Waals surface area contributed by atoms with Crippen molar-refractivity contribution < 1.29 is 14.7 Å². The van der Waals surface area contributed by atoms with Crippen molar-refractivity contribution >= 4 is 12.0 Å². The van der Waals surface area contributed by atoms with Gasteiger partial charge in [-0.3, -0.25) is 4.79 Å². The Bertz CT molecular complexity index is 336. The zero-order valence-corrected chi connectivity index (χ0v) is 12.9. The predicted molar refractivity (Wildman–Crippen MR) is 78.7 cm³/mol. The van der Waals surface area contributed by atoms with Crippen LogP contribution in [0.4, 0.5) is 4.79 Å². The average Bonchev–Trinajstić information content (AvgIpc) is 2.37. The fourth-order valence-corrected chi connectivity index (χ4v) is 2.76. The summed E-state index contributed by atoms with van der Waals surface area (Å²) in [5.74, 6) is -0.328. The second-order valence-electron chi connectivity index (χ2n) is 5.86. The highest BCUT2D eigenvalue weighted by atomic mass is 16.4. The van der Waals surface area contributed by atoms with Gasteiger partial charge in [-0.2, -0.15) is 0 Å². The van der Waals surface area contributed by atoms with E-state index in [9.17, 15) is 9.59 Å². The Balaban J connectivity index is 2.59. The molecule has 0 aromatic carbocycles. The number of rotatable bonds is 8. The molecule has 0 bridgehead atoms. The van der Waals surface area contributed by atoms with Gasteiger partial charge in [0, 0.05) is 13.1 Å². The van der Waals surface area contributed by atoms with Crippen molar-refractivity contribution in [2.45, 2.75) is 64.8 Å². The van der Waals surface area contributed by atoms with Crippen LogP contribution in [0.1, 0.15) is 59.3 Å². The average molecular weight is 284 g/mol. The standard InChI is InChI=1S/C15H28N2O3/c1-4-12(5-2)11-17(6-3)14(20)16-15(8-7-9-15)10-13(18)19/h12H,4-11H2,1-3H3,(H,16,20)(H,18,19). The molecule has 1 rings (SSSR count). The number of amides is 2. The second kappa shape index (κ2) is 7.50. The second-order valence-corrected chi connectivity index (χ2v) is 5.86. The summed E-state index contributed by atoms with van der Waals surface area (Å²) in [4.78, 5) is 25.1.